The number of hydrogen-bond donors (Lipinski definition) is 0. The van der Waals surface area contributed by atoms with Gasteiger partial charge in [0.25, 0.3) is 5.56 Å². The lowest BCUT2D eigenvalue weighted by molar-refractivity contribution is -0.145. The Morgan fingerprint density at radius 2 is 1.84 bits per heavy atom. The van der Waals surface area contributed by atoms with Crippen LogP contribution in [-0.2, 0) is 19.1 Å². The van der Waals surface area contributed by atoms with Gasteiger partial charge in [-0.25, -0.2) is 14.6 Å². The SMILES string of the molecule is CCOC(=O)COc1c(I)cc(/C=c2/sc3n(c2=O)[C@@H](c2ccccc2OC(C)C)C(C(=O)OCC)=C(C)N=3)cc1OC. The van der Waals surface area contributed by atoms with E-state index in [4.69, 9.17) is 23.7 Å². The predicted octanol–water partition coefficient (Wildman–Crippen LogP) is 4.14. The standard InChI is InChI=1S/C31H33IN2O8S/c1-7-39-25(35)16-41-28-21(32)13-19(14-23(28)38-6)15-24-29(36)34-27(20-11-9-10-12-22(20)42-17(3)4)26(30(37)40-8-2)18(5)33-31(34)43-24/h9-15,17,27H,7-8,16H2,1-6H3/b24-15+/t27-/m0/s1. The Labute approximate surface area is 266 Å². The first-order valence-corrected chi connectivity index (χ1v) is 15.6. The van der Waals surface area contributed by atoms with Crippen molar-refractivity contribution < 1.29 is 33.3 Å². The third kappa shape index (κ3) is 7.12. The van der Waals surface area contributed by atoms with E-state index in [-0.39, 0.29) is 37.1 Å². The molecule has 0 unspecified atom stereocenters. The number of rotatable bonds is 11. The highest BCUT2D eigenvalue weighted by atomic mass is 127. The van der Waals surface area contributed by atoms with Crippen LogP contribution in [0.15, 0.2) is 57.5 Å². The number of halogens is 1. The number of methoxy groups -OCH3 is 1. The molecule has 10 nitrogen and oxygen atoms in total. The van der Waals surface area contributed by atoms with E-state index in [9.17, 15) is 14.4 Å². The van der Waals surface area contributed by atoms with E-state index in [0.717, 1.165) is 0 Å². The summed E-state index contributed by atoms with van der Waals surface area (Å²) in [7, 11) is 1.50. The van der Waals surface area contributed by atoms with Crippen molar-refractivity contribution in [3.8, 4) is 17.2 Å². The molecule has 228 valence electrons. The Morgan fingerprint density at radius 1 is 1.12 bits per heavy atom. The van der Waals surface area contributed by atoms with E-state index in [1.54, 1.807) is 32.9 Å². The molecule has 4 rings (SSSR count). The minimum atomic E-state index is -0.805. The molecule has 1 aromatic heterocycles. The van der Waals surface area contributed by atoms with Crippen LogP contribution in [-0.4, -0.2) is 49.5 Å². The molecule has 0 fully saturated rings. The number of aromatic nitrogens is 1. The minimum absolute atomic E-state index is 0.130. The van der Waals surface area contributed by atoms with Gasteiger partial charge in [-0.1, -0.05) is 29.5 Å². The average Bonchev–Trinajstić information content (AvgIpc) is 3.25. The number of esters is 2. The maximum absolute atomic E-state index is 14.1. The number of thiazole rings is 1. The topological polar surface area (TPSA) is 115 Å². The van der Waals surface area contributed by atoms with Gasteiger partial charge in [0.05, 0.1) is 45.8 Å². The largest absolute Gasteiger partial charge is 0.493 e. The molecule has 0 amide bonds. The van der Waals surface area contributed by atoms with Gasteiger partial charge in [0.2, 0.25) is 0 Å². The van der Waals surface area contributed by atoms with Gasteiger partial charge in [-0.15, -0.1) is 0 Å². The second-order valence-corrected chi connectivity index (χ2v) is 11.8. The molecule has 2 aromatic carbocycles. The van der Waals surface area contributed by atoms with E-state index in [1.807, 2.05) is 44.2 Å². The van der Waals surface area contributed by atoms with Crippen LogP contribution in [0.1, 0.15) is 51.8 Å². The van der Waals surface area contributed by atoms with Gasteiger partial charge in [-0.2, -0.15) is 0 Å². The normalized spacial score (nSPS) is 14.7. The molecule has 0 radical (unpaired) electrons. The fraction of sp³-hybridized carbons (Fsp3) is 0.355. The second-order valence-electron chi connectivity index (χ2n) is 9.63. The summed E-state index contributed by atoms with van der Waals surface area (Å²) < 4.78 is 30.3. The summed E-state index contributed by atoms with van der Waals surface area (Å²) in [6.45, 7) is 9.20. The monoisotopic (exact) mass is 720 g/mol. The van der Waals surface area contributed by atoms with Crippen LogP contribution in [0.2, 0.25) is 0 Å². The van der Waals surface area contributed by atoms with Gasteiger partial charge in [-0.3, -0.25) is 9.36 Å². The number of allylic oxidation sites excluding steroid dienone is 1. The maximum atomic E-state index is 14.1. The lowest BCUT2D eigenvalue weighted by atomic mass is 9.95. The smallest absolute Gasteiger partial charge is 0.344 e. The van der Waals surface area contributed by atoms with Crippen molar-refractivity contribution in [3.63, 3.8) is 0 Å². The number of nitrogens with zero attached hydrogens (tertiary/aromatic N) is 2. The quantitative estimate of drug-likeness (QED) is 0.215. The van der Waals surface area contributed by atoms with Gasteiger partial charge >= 0.3 is 11.9 Å². The highest BCUT2D eigenvalue weighted by Crippen LogP contribution is 2.37. The van der Waals surface area contributed by atoms with Gasteiger partial charge < -0.3 is 23.7 Å². The molecule has 12 heteroatoms. The fourth-order valence-corrected chi connectivity index (χ4v) is 6.43. The van der Waals surface area contributed by atoms with Crippen LogP contribution >= 0.6 is 33.9 Å². The summed E-state index contributed by atoms with van der Waals surface area (Å²) in [4.78, 5) is 44.2. The van der Waals surface area contributed by atoms with Crippen molar-refractivity contribution in [2.45, 2.75) is 46.8 Å². The first-order chi connectivity index (χ1) is 20.6. The molecule has 1 aliphatic rings. The van der Waals surface area contributed by atoms with Gasteiger partial charge in [-0.05, 0) is 87.0 Å². The van der Waals surface area contributed by atoms with Crippen LogP contribution in [0.5, 0.6) is 17.2 Å². The molecular formula is C31H33IN2O8S. The van der Waals surface area contributed by atoms with Crippen molar-refractivity contribution in [1.82, 2.24) is 4.57 Å². The predicted molar refractivity (Wildman–Crippen MR) is 170 cm³/mol. The highest BCUT2D eigenvalue weighted by molar-refractivity contribution is 14.1. The number of carbonyl (C=O) groups excluding carboxylic acids is 2. The van der Waals surface area contributed by atoms with Crippen molar-refractivity contribution in [1.29, 1.82) is 0 Å². The van der Waals surface area contributed by atoms with E-state index < -0.39 is 18.0 Å². The first kappa shape index (κ1) is 32.3. The number of para-hydroxylation sites is 1. The first-order valence-electron chi connectivity index (χ1n) is 13.7. The minimum Gasteiger partial charge on any atom is -0.493 e. The molecule has 0 spiro atoms. The van der Waals surface area contributed by atoms with Gasteiger partial charge in [0.15, 0.2) is 22.9 Å². The molecule has 1 aliphatic heterocycles. The lowest BCUT2D eigenvalue weighted by Gasteiger charge is -2.26. The summed E-state index contributed by atoms with van der Waals surface area (Å²) in [6.07, 6.45) is 1.61. The number of hydrogen-bond acceptors (Lipinski definition) is 10. The van der Waals surface area contributed by atoms with Crippen LogP contribution in [0.4, 0.5) is 0 Å². The van der Waals surface area contributed by atoms with E-state index in [1.165, 1.54) is 23.0 Å². The Bertz CT molecular complexity index is 1740. The lowest BCUT2D eigenvalue weighted by Crippen LogP contribution is -2.40. The van der Waals surface area contributed by atoms with Gasteiger partial charge in [0, 0.05) is 5.56 Å². The summed E-state index contributed by atoms with van der Waals surface area (Å²) in [5.41, 5.74) is 1.76. The Hall–Kier alpha value is -3.65. The summed E-state index contributed by atoms with van der Waals surface area (Å²) in [5, 5.41) is 0. The summed E-state index contributed by atoms with van der Waals surface area (Å²) >= 11 is 3.30. The molecule has 3 aromatic rings. The molecule has 1 atom stereocenters. The van der Waals surface area contributed by atoms with E-state index >= 15 is 0 Å². The molecule has 2 heterocycles. The summed E-state index contributed by atoms with van der Waals surface area (Å²) in [5.74, 6) is 0.323. The molecule has 0 bridgehead atoms. The van der Waals surface area contributed by atoms with Gasteiger partial charge in [0.1, 0.15) is 11.8 Å². The number of carbonyl (C=O) groups is 2. The van der Waals surface area contributed by atoms with Crippen LogP contribution in [0, 0.1) is 3.57 Å². The molecule has 0 saturated carbocycles. The number of benzene rings is 2. The van der Waals surface area contributed by atoms with Crippen LogP contribution in [0.25, 0.3) is 6.08 Å². The summed E-state index contributed by atoms with van der Waals surface area (Å²) in [6, 6.07) is 10.1. The molecule has 43 heavy (non-hydrogen) atoms. The Balaban J connectivity index is 1.86. The molecular weight excluding hydrogens is 687 g/mol. The number of ether oxygens (including phenoxy) is 5. The molecule has 0 N–H and O–H groups in total. The third-order valence-electron chi connectivity index (χ3n) is 6.28. The average molecular weight is 721 g/mol. The third-order valence-corrected chi connectivity index (χ3v) is 8.07. The van der Waals surface area contributed by atoms with Crippen LogP contribution < -0.4 is 29.1 Å². The zero-order chi connectivity index (χ0) is 31.3. The maximum Gasteiger partial charge on any atom is 0.344 e. The fourth-order valence-electron chi connectivity index (χ4n) is 4.60. The second kappa shape index (κ2) is 14.2. The van der Waals surface area contributed by atoms with E-state index in [2.05, 4.69) is 27.6 Å². The molecule has 0 saturated heterocycles. The zero-order valence-electron chi connectivity index (χ0n) is 24.8. The Kier molecular flexibility index (Phi) is 10.7. The van der Waals surface area contributed by atoms with Crippen molar-refractivity contribution >= 4 is 51.9 Å². The van der Waals surface area contributed by atoms with Crippen LogP contribution in [0.3, 0.4) is 0 Å². The van der Waals surface area contributed by atoms with Crippen molar-refractivity contribution in [3.05, 3.63) is 82.1 Å². The van der Waals surface area contributed by atoms with Crippen molar-refractivity contribution in [2.75, 3.05) is 26.9 Å². The Morgan fingerprint density at radius 3 is 2.51 bits per heavy atom. The van der Waals surface area contributed by atoms with Crippen molar-refractivity contribution in [2.24, 2.45) is 4.99 Å². The molecule has 0 aliphatic carbocycles. The van der Waals surface area contributed by atoms with E-state index in [0.29, 0.717) is 47.0 Å². The highest BCUT2D eigenvalue weighted by Gasteiger charge is 2.35. The zero-order valence-corrected chi connectivity index (χ0v) is 27.7. The number of fused-ring (bicyclic) bond motifs is 1.